The molecule has 6 aliphatic carbocycles. The molecule has 0 aromatic carbocycles. The smallest absolute Gasteiger partial charge is 0.312 e. The van der Waals surface area contributed by atoms with Crippen molar-refractivity contribution < 1.29 is 28.7 Å². The minimum absolute atomic E-state index is 0.0570. The maximum absolute atomic E-state index is 13.3. The molecule has 9 nitrogen and oxygen atoms in total. The van der Waals surface area contributed by atoms with Crippen LogP contribution < -0.4 is 5.32 Å². The third-order valence-electron chi connectivity index (χ3n) is 11.2. The highest BCUT2D eigenvalue weighted by Crippen LogP contribution is 3.07. The number of carbonyl (C=O) groups is 4. The Bertz CT molecular complexity index is 1190. The standard InChI is InChI=1S/C29H39N3O6S/c1-8-13(4)9-18(34)32(6)16(12(2)3)10-17(38-14(5)33)26-30-15(11-39-26)25(35)31-29-22-19-23(29)21-24(29)20(22)28(19,21)27(36)37-7/h11-13,16-17,19-24H,8-10H2,1-7H3,(H,31,35)/t13?,16-,17-,19?,20?,21?,22?,23?,24?,28?,29?/m1/s1. The fourth-order valence-corrected chi connectivity index (χ4v) is 10.3. The molecule has 2 amide bonds. The van der Waals surface area contributed by atoms with Crippen LogP contribution >= 0.6 is 11.3 Å². The highest BCUT2D eigenvalue weighted by molar-refractivity contribution is 7.09. The number of esters is 2. The fraction of sp³-hybridized carbons (Fsp3) is 0.759. The molecule has 6 aliphatic rings. The molecule has 7 rings (SSSR count). The Hall–Kier alpha value is -2.49. The van der Waals surface area contributed by atoms with Crippen molar-refractivity contribution in [2.45, 2.75) is 71.6 Å². The molecule has 0 bridgehead atoms. The first-order chi connectivity index (χ1) is 18.5. The quantitative estimate of drug-likeness (QED) is 0.392. The van der Waals surface area contributed by atoms with Crippen molar-refractivity contribution in [3.05, 3.63) is 16.1 Å². The van der Waals surface area contributed by atoms with Crippen LogP contribution in [0.15, 0.2) is 5.38 Å². The number of thiazole rings is 1. The van der Waals surface area contributed by atoms with E-state index in [2.05, 4.69) is 38.0 Å². The summed E-state index contributed by atoms with van der Waals surface area (Å²) in [7, 11) is 3.28. The van der Waals surface area contributed by atoms with E-state index in [4.69, 9.17) is 9.47 Å². The van der Waals surface area contributed by atoms with E-state index >= 15 is 0 Å². The number of amides is 2. The minimum Gasteiger partial charge on any atom is -0.469 e. The molecule has 0 spiro atoms. The molecule has 3 atom stereocenters. The number of rotatable bonds is 12. The van der Waals surface area contributed by atoms with E-state index in [0.29, 0.717) is 65.0 Å². The average molecular weight is 558 g/mol. The van der Waals surface area contributed by atoms with Gasteiger partial charge in [-0.05, 0) is 47.3 Å². The summed E-state index contributed by atoms with van der Waals surface area (Å²) >= 11 is 1.30. The van der Waals surface area contributed by atoms with Crippen molar-refractivity contribution in [3.63, 3.8) is 0 Å². The lowest BCUT2D eigenvalue weighted by atomic mass is 8.94. The number of hydrogen-bond donors (Lipinski definition) is 1. The van der Waals surface area contributed by atoms with Gasteiger partial charge in [-0.2, -0.15) is 0 Å². The van der Waals surface area contributed by atoms with E-state index in [-0.39, 0.29) is 40.7 Å². The molecule has 6 fully saturated rings. The Balaban J connectivity index is 1.13. The average Bonchev–Trinajstić information content (AvgIpc) is 3.40. The van der Waals surface area contributed by atoms with Gasteiger partial charge in [0.15, 0.2) is 6.10 Å². The lowest BCUT2D eigenvalue weighted by molar-refractivity contribution is -0.609. The van der Waals surface area contributed by atoms with Crippen LogP contribution in [0.2, 0.25) is 0 Å². The number of hydrogen-bond acceptors (Lipinski definition) is 8. The maximum Gasteiger partial charge on any atom is 0.312 e. The first kappa shape index (κ1) is 26.7. The van der Waals surface area contributed by atoms with E-state index in [1.807, 2.05) is 7.05 Å². The van der Waals surface area contributed by atoms with Gasteiger partial charge in [0.2, 0.25) is 5.91 Å². The van der Waals surface area contributed by atoms with Crippen LogP contribution in [0.4, 0.5) is 0 Å². The van der Waals surface area contributed by atoms with Gasteiger partial charge in [-0.15, -0.1) is 11.3 Å². The van der Waals surface area contributed by atoms with Crippen molar-refractivity contribution in [2.24, 2.45) is 52.8 Å². The van der Waals surface area contributed by atoms with Gasteiger partial charge in [-0.1, -0.05) is 34.1 Å². The number of ether oxygens (including phenoxy) is 2. The van der Waals surface area contributed by atoms with Gasteiger partial charge in [0.1, 0.15) is 10.7 Å². The third-order valence-corrected chi connectivity index (χ3v) is 12.1. The lowest BCUT2D eigenvalue weighted by Gasteiger charge is -3.09. The number of aromatic nitrogens is 1. The van der Waals surface area contributed by atoms with Crippen LogP contribution in [-0.4, -0.2) is 59.4 Å². The molecule has 39 heavy (non-hydrogen) atoms. The normalized spacial score (nSPS) is 37.4. The van der Waals surface area contributed by atoms with Crippen LogP contribution in [-0.2, 0) is 23.9 Å². The molecule has 1 aromatic rings. The van der Waals surface area contributed by atoms with Crippen LogP contribution in [0.5, 0.6) is 0 Å². The Kier molecular flexibility index (Phi) is 6.00. The summed E-state index contributed by atoms with van der Waals surface area (Å²) in [5.41, 5.74) is -0.0683. The summed E-state index contributed by atoms with van der Waals surface area (Å²) in [6.07, 6.45) is 1.17. The molecule has 0 saturated heterocycles. The van der Waals surface area contributed by atoms with E-state index in [1.54, 1.807) is 10.3 Å². The number of nitrogens with one attached hydrogen (secondary N) is 1. The lowest BCUT2D eigenvalue weighted by Crippen LogP contribution is -3.16. The van der Waals surface area contributed by atoms with Gasteiger partial charge in [0, 0.05) is 38.2 Å². The minimum atomic E-state index is -0.649. The molecule has 0 radical (unpaired) electrons. The Labute approximate surface area is 233 Å². The van der Waals surface area contributed by atoms with Gasteiger partial charge in [0.25, 0.3) is 5.91 Å². The number of methoxy groups -OCH3 is 1. The summed E-state index contributed by atoms with van der Waals surface area (Å²) in [5.74, 6) is 2.11. The van der Waals surface area contributed by atoms with Crippen molar-refractivity contribution in [1.29, 1.82) is 0 Å². The van der Waals surface area contributed by atoms with Crippen LogP contribution in [0.3, 0.4) is 0 Å². The highest BCUT2D eigenvalue weighted by Gasteiger charge is 3.12. The summed E-state index contributed by atoms with van der Waals surface area (Å²) in [4.78, 5) is 57.0. The van der Waals surface area contributed by atoms with E-state index in [9.17, 15) is 19.2 Å². The van der Waals surface area contributed by atoms with Crippen molar-refractivity contribution in [1.82, 2.24) is 15.2 Å². The zero-order valence-corrected chi connectivity index (χ0v) is 24.5. The zero-order valence-electron chi connectivity index (χ0n) is 23.7. The highest BCUT2D eigenvalue weighted by atomic mass is 32.1. The summed E-state index contributed by atoms with van der Waals surface area (Å²) in [6, 6.07) is -0.152. The summed E-state index contributed by atoms with van der Waals surface area (Å²) in [6.45, 7) is 9.62. The second-order valence-corrected chi connectivity index (χ2v) is 13.8. The molecular formula is C29H39N3O6S. The largest absolute Gasteiger partial charge is 0.469 e. The van der Waals surface area contributed by atoms with Crippen molar-refractivity contribution in [2.75, 3.05) is 14.2 Å². The predicted octanol–water partition coefficient (Wildman–Crippen LogP) is 3.45. The Morgan fingerprint density at radius 1 is 1.10 bits per heavy atom. The van der Waals surface area contributed by atoms with E-state index < -0.39 is 12.1 Å². The topological polar surface area (TPSA) is 115 Å². The fourth-order valence-electron chi connectivity index (χ4n) is 9.43. The van der Waals surface area contributed by atoms with Gasteiger partial charge in [0.05, 0.1) is 18.1 Å². The van der Waals surface area contributed by atoms with Gasteiger partial charge < -0.3 is 19.7 Å². The molecule has 212 valence electrons. The molecule has 10 heteroatoms. The number of nitrogens with zero attached hydrogens (tertiary/aromatic N) is 2. The summed E-state index contributed by atoms with van der Waals surface area (Å²) < 4.78 is 10.8. The van der Waals surface area contributed by atoms with Crippen LogP contribution in [0, 0.1) is 52.8 Å². The van der Waals surface area contributed by atoms with Gasteiger partial charge in [-0.25, -0.2) is 4.98 Å². The summed E-state index contributed by atoms with van der Waals surface area (Å²) in [5, 5.41) is 5.58. The van der Waals surface area contributed by atoms with Crippen molar-refractivity contribution in [3.8, 4) is 0 Å². The molecule has 6 saturated carbocycles. The third kappa shape index (κ3) is 3.09. The SMILES string of the molecule is CCC(C)CC(=O)N(C)[C@H](C[C@@H](OC(C)=O)c1nc(C(=O)NC23C4C5C2C2C3C4C52C(=O)OC)cs1)C(C)C. The van der Waals surface area contributed by atoms with Crippen molar-refractivity contribution >= 4 is 35.1 Å². The molecule has 1 aromatic heterocycles. The molecule has 0 aliphatic heterocycles. The second-order valence-electron chi connectivity index (χ2n) is 12.9. The van der Waals surface area contributed by atoms with Crippen LogP contribution in [0.1, 0.15) is 75.5 Å². The predicted molar refractivity (Wildman–Crippen MR) is 142 cm³/mol. The molecule has 1 heterocycles. The Morgan fingerprint density at radius 3 is 2.23 bits per heavy atom. The first-order valence-electron chi connectivity index (χ1n) is 14.3. The maximum atomic E-state index is 13.3. The molecule has 1 N–H and O–H groups in total. The second kappa shape index (κ2) is 8.75. The van der Waals surface area contributed by atoms with E-state index in [0.717, 1.165) is 6.42 Å². The first-order valence-corrected chi connectivity index (χ1v) is 15.1. The zero-order chi connectivity index (χ0) is 28.2. The van der Waals surface area contributed by atoms with Crippen LogP contribution in [0.25, 0.3) is 0 Å². The Morgan fingerprint density at radius 2 is 1.72 bits per heavy atom. The monoisotopic (exact) mass is 557 g/mol. The van der Waals surface area contributed by atoms with E-state index in [1.165, 1.54) is 25.4 Å². The molecule has 1 unspecified atom stereocenters. The van der Waals surface area contributed by atoms with Gasteiger partial charge >= 0.3 is 11.9 Å². The van der Waals surface area contributed by atoms with Gasteiger partial charge in [-0.3, -0.25) is 19.2 Å². The molecular weight excluding hydrogens is 518 g/mol. The number of carbonyl (C=O) groups excluding carboxylic acids is 4.